The lowest BCUT2D eigenvalue weighted by molar-refractivity contribution is 0.554. The molecule has 0 fully saturated rings. The summed E-state index contributed by atoms with van der Waals surface area (Å²) in [5.41, 5.74) is 4.42. The summed E-state index contributed by atoms with van der Waals surface area (Å²) in [6.45, 7) is 11.3. The lowest BCUT2D eigenvalue weighted by atomic mass is 9.99. The van der Waals surface area contributed by atoms with E-state index < -0.39 is 0 Å². The maximum absolute atomic E-state index is 2.36. The molecule has 1 aromatic rings. The summed E-state index contributed by atoms with van der Waals surface area (Å²) >= 11 is 0. The zero-order valence-electron chi connectivity index (χ0n) is 23.8. The van der Waals surface area contributed by atoms with Gasteiger partial charge in [-0.1, -0.05) is 173 Å². The summed E-state index contributed by atoms with van der Waals surface area (Å²) in [5.74, 6) is 0. The van der Waals surface area contributed by atoms with E-state index in [1.807, 2.05) is 0 Å². The number of rotatable bonds is 21. The molecule has 33 heavy (non-hydrogen) atoms. The highest BCUT2D eigenvalue weighted by Gasteiger charge is 1.99. The highest BCUT2D eigenvalue weighted by Crippen LogP contribution is 2.16. The van der Waals surface area contributed by atoms with E-state index in [2.05, 4.69) is 52.8 Å². The monoisotopic (exact) mass is 458 g/mol. The van der Waals surface area contributed by atoms with E-state index in [1.165, 1.54) is 152 Å². The van der Waals surface area contributed by atoms with Gasteiger partial charge in [0, 0.05) is 0 Å². The van der Waals surface area contributed by atoms with E-state index in [1.54, 1.807) is 5.56 Å². The molecule has 0 heteroatoms. The quantitative estimate of drug-likeness (QED) is 0.161. The van der Waals surface area contributed by atoms with Gasteiger partial charge in [-0.15, -0.1) is 0 Å². The first-order valence-corrected chi connectivity index (χ1v) is 15.2. The van der Waals surface area contributed by atoms with Crippen molar-refractivity contribution < 1.29 is 0 Å². The van der Waals surface area contributed by atoms with Crippen LogP contribution in [0.25, 0.3) is 0 Å². The molecule has 1 rings (SSSR count). The summed E-state index contributed by atoms with van der Waals surface area (Å²) in [5, 5.41) is 0. The van der Waals surface area contributed by atoms with E-state index in [0.29, 0.717) is 0 Å². The summed E-state index contributed by atoms with van der Waals surface area (Å²) in [6, 6.07) is 6.85. The SMILES string of the molecule is CCCCCCCCCCCCC.CCCCCCCCCCCCc1cc(C)ccc1C. The lowest BCUT2D eigenvalue weighted by Gasteiger charge is -2.07. The Bertz CT molecular complexity index is 491. The van der Waals surface area contributed by atoms with E-state index in [9.17, 15) is 0 Å². The van der Waals surface area contributed by atoms with Gasteiger partial charge in [-0.3, -0.25) is 0 Å². The molecule has 0 amide bonds. The second kappa shape index (κ2) is 25.8. The average Bonchev–Trinajstić information content (AvgIpc) is 2.82. The van der Waals surface area contributed by atoms with Crippen molar-refractivity contribution in [2.75, 3.05) is 0 Å². The summed E-state index contributed by atoms with van der Waals surface area (Å²) in [4.78, 5) is 0. The molecule has 0 aromatic heterocycles. The zero-order chi connectivity index (χ0) is 24.4. The van der Waals surface area contributed by atoms with E-state index in [4.69, 9.17) is 0 Å². The highest BCUT2D eigenvalue weighted by atomic mass is 14.0. The van der Waals surface area contributed by atoms with Crippen LogP contribution in [0.15, 0.2) is 18.2 Å². The van der Waals surface area contributed by atoms with Crippen LogP contribution >= 0.6 is 0 Å². The van der Waals surface area contributed by atoms with Gasteiger partial charge in [-0.25, -0.2) is 0 Å². The van der Waals surface area contributed by atoms with Crippen molar-refractivity contribution in [3.63, 3.8) is 0 Å². The average molecular weight is 459 g/mol. The van der Waals surface area contributed by atoms with E-state index in [0.717, 1.165) is 0 Å². The predicted octanol–water partition coefficient (Wildman–Crippen LogP) is 12.1. The molecule has 0 saturated carbocycles. The van der Waals surface area contributed by atoms with Gasteiger partial charge in [-0.2, -0.15) is 0 Å². The first-order valence-electron chi connectivity index (χ1n) is 15.2. The second-order valence-corrected chi connectivity index (χ2v) is 10.5. The minimum absolute atomic E-state index is 1.27. The zero-order valence-corrected chi connectivity index (χ0v) is 23.8. The number of hydrogen-bond donors (Lipinski definition) is 0. The van der Waals surface area contributed by atoms with Crippen molar-refractivity contribution >= 4 is 0 Å². The molecular formula is C33H62. The maximum Gasteiger partial charge on any atom is -0.0276 e. The molecular weight excluding hydrogens is 396 g/mol. The van der Waals surface area contributed by atoms with Crippen LogP contribution < -0.4 is 0 Å². The molecule has 0 saturated heterocycles. The molecule has 0 aliphatic rings. The lowest BCUT2D eigenvalue weighted by Crippen LogP contribution is -1.91. The van der Waals surface area contributed by atoms with Crippen molar-refractivity contribution in [1.82, 2.24) is 0 Å². The minimum atomic E-state index is 1.27. The molecule has 0 N–H and O–H groups in total. The summed E-state index contributed by atoms with van der Waals surface area (Å²) in [7, 11) is 0. The van der Waals surface area contributed by atoms with Gasteiger partial charge < -0.3 is 0 Å². The first kappa shape index (κ1) is 32.2. The van der Waals surface area contributed by atoms with Gasteiger partial charge in [-0.05, 0) is 37.8 Å². The second-order valence-electron chi connectivity index (χ2n) is 10.5. The van der Waals surface area contributed by atoms with Crippen LogP contribution in [0.2, 0.25) is 0 Å². The smallest absolute Gasteiger partial charge is 0.0276 e. The van der Waals surface area contributed by atoms with Crippen molar-refractivity contribution in [1.29, 1.82) is 0 Å². The van der Waals surface area contributed by atoms with Crippen molar-refractivity contribution in [3.05, 3.63) is 34.9 Å². The fourth-order valence-electron chi connectivity index (χ4n) is 4.61. The summed E-state index contributed by atoms with van der Waals surface area (Å²) < 4.78 is 0. The Morgan fingerprint density at radius 2 is 0.758 bits per heavy atom. The fraction of sp³-hybridized carbons (Fsp3) is 0.818. The Morgan fingerprint density at radius 1 is 0.424 bits per heavy atom. The van der Waals surface area contributed by atoms with Crippen LogP contribution in [0, 0.1) is 13.8 Å². The van der Waals surface area contributed by atoms with Crippen molar-refractivity contribution in [2.24, 2.45) is 0 Å². The van der Waals surface area contributed by atoms with E-state index >= 15 is 0 Å². The number of aryl methyl sites for hydroxylation is 3. The van der Waals surface area contributed by atoms with Gasteiger partial charge in [0.25, 0.3) is 0 Å². The Labute approximate surface area is 210 Å². The molecule has 0 aliphatic carbocycles. The fourth-order valence-corrected chi connectivity index (χ4v) is 4.61. The first-order chi connectivity index (χ1) is 16.2. The Kier molecular flexibility index (Phi) is 25.2. The Hall–Kier alpha value is -0.780. The van der Waals surface area contributed by atoms with Crippen LogP contribution in [0.1, 0.15) is 172 Å². The molecule has 0 aliphatic heterocycles. The molecule has 1 aromatic carbocycles. The van der Waals surface area contributed by atoms with E-state index in [-0.39, 0.29) is 0 Å². The minimum Gasteiger partial charge on any atom is -0.0654 e. The molecule has 0 nitrogen and oxygen atoms in total. The van der Waals surface area contributed by atoms with Crippen LogP contribution in [-0.2, 0) is 6.42 Å². The highest BCUT2D eigenvalue weighted by molar-refractivity contribution is 5.30. The maximum atomic E-state index is 2.36. The number of benzene rings is 1. The largest absolute Gasteiger partial charge is 0.0654 e. The molecule has 0 radical (unpaired) electrons. The third kappa shape index (κ3) is 22.8. The van der Waals surface area contributed by atoms with Crippen LogP contribution in [0.3, 0.4) is 0 Å². The van der Waals surface area contributed by atoms with Crippen molar-refractivity contribution in [2.45, 2.75) is 176 Å². The van der Waals surface area contributed by atoms with Gasteiger partial charge in [0.1, 0.15) is 0 Å². The van der Waals surface area contributed by atoms with Gasteiger partial charge in [0.2, 0.25) is 0 Å². The van der Waals surface area contributed by atoms with Gasteiger partial charge in [0.15, 0.2) is 0 Å². The standard InChI is InChI=1S/C20H34.C13H28/c1-4-5-6-7-8-9-10-11-12-13-14-20-17-18(2)15-16-19(20)3;1-3-5-7-9-11-13-12-10-8-6-4-2/h15-17H,4-14H2,1-3H3;3-13H2,1-2H3. The predicted molar refractivity (Wildman–Crippen MR) is 154 cm³/mol. The summed E-state index contributed by atoms with van der Waals surface area (Å²) in [6.07, 6.45) is 31.4. The van der Waals surface area contributed by atoms with Crippen molar-refractivity contribution in [3.8, 4) is 0 Å². The molecule has 0 heterocycles. The normalized spacial score (nSPS) is 10.8. The number of unbranched alkanes of at least 4 members (excludes halogenated alkanes) is 19. The Morgan fingerprint density at radius 3 is 1.12 bits per heavy atom. The molecule has 0 bridgehead atoms. The molecule has 0 unspecified atom stereocenters. The van der Waals surface area contributed by atoms with Gasteiger partial charge in [0.05, 0.1) is 0 Å². The van der Waals surface area contributed by atoms with Crippen LogP contribution in [0.4, 0.5) is 0 Å². The third-order valence-electron chi connectivity index (χ3n) is 7.01. The van der Waals surface area contributed by atoms with Gasteiger partial charge >= 0.3 is 0 Å². The number of hydrogen-bond acceptors (Lipinski definition) is 0. The third-order valence-corrected chi connectivity index (χ3v) is 7.01. The Balaban J connectivity index is 0.000000684. The van der Waals surface area contributed by atoms with Crippen LogP contribution in [0.5, 0.6) is 0 Å². The molecule has 0 atom stereocenters. The molecule has 0 spiro atoms. The topological polar surface area (TPSA) is 0 Å². The molecule has 194 valence electrons. The van der Waals surface area contributed by atoms with Crippen LogP contribution in [-0.4, -0.2) is 0 Å².